The quantitative estimate of drug-likeness (QED) is 0.530. The first kappa shape index (κ1) is 12.9. The van der Waals surface area contributed by atoms with Crippen molar-refractivity contribution in [2.24, 2.45) is 5.92 Å². The maximum atomic E-state index is 10.8. The Kier molecular flexibility index (Phi) is 4.26. The number of ether oxygens (including phenoxy) is 1. The molecule has 4 atom stereocenters. The second kappa shape index (κ2) is 5.27. The van der Waals surface area contributed by atoms with Gasteiger partial charge in [0.05, 0.1) is 18.8 Å². The van der Waals surface area contributed by atoms with Crippen LogP contribution in [-0.4, -0.2) is 46.9 Å². The minimum absolute atomic E-state index is 0.0592. The number of hydrogen-bond acceptors (Lipinski definition) is 5. The van der Waals surface area contributed by atoms with Gasteiger partial charge >= 0.3 is 5.97 Å². The third kappa shape index (κ3) is 3.18. The van der Waals surface area contributed by atoms with Crippen molar-refractivity contribution in [3.63, 3.8) is 0 Å². The molecule has 0 aliphatic heterocycles. The lowest BCUT2D eigenvalue weighted by Crippen LogP contribution is -2.42. The third-order valence-corrected chi connectivity index (χ3v) is 2.69. The van der Waals surface area contributed by atoms with Gasteiger partial charge in [0.15, 0.2) is 0 Å². The van der Waals surface area contributed by atoms with Gasteiger partial charge in [0, 0.05) is 19.8 Å². The summed E-state index contributed by atoms with van der Waals surface area (Å²) >= 11 is 0. The second-order valence-electron chi connectivity index (χ2n) is 4.09. The molecule has 16 heavy (non-hydrogen) atoms. The topological polar surface area (TPSA) is 95.9 Å². The van der Waals surface area contributed by atoms with Gasteiger partial charge in [-0.1, -0.05) is 0 Å². The van der Waals surface area contributed by atoms with Crippen LogP contribution in [0.1, 0.15) is 20.3 Å². The van der Waals surface area contributed by atoms with Crippen LogP contribution in [0.4, 0.5) is 0 Å². The van der Waals surface area contributed by atoms with Crippen LogP contribution in [0.15, 0.2) is 0 Å². The molecule has 1 aliphatic rings. The Bertz CT molecular complexity index is 280. The molecule has 0 saturated heterocycles. The van der Waals surface area contributed by atoms with Crippen LogP contribution in [0.5, 0.6) is 0 Å². The fourth-order valence-corrected chi connectivity index (χ4v) is 1.92. The van der Waals surface area contributed by atoms with Crippen LogP contribution >= 0.6 is 0 Å². The van der Waals surface area contributed by atoms with E-state index in [0.717, 1.165) is 0 Å². The summed E-state index contributed by atoms with van der Waals surface area (Å²) in [5.74, 6) is -1.02. The fraction of sp³-hybridized carbons (Fsp3) is 0.800. The average Bonchev–Trinajstić information content (AvgIpc) is 2.42. The van der Waals surface area contributed by atoms with Gasteiger partial charge in [-0.25, -0.2) is 0 Å². The van der Waals surface area contributed by atoms with Crippen LogP contribution in [0.25, 0.3) is 0 Å². The highest BCUT2D eigenvalue weighted by Gasteiger charge is 2.42. The molecule has 0 aromatic carbocycles. The molecule has 0 aromatic rings. The first-order valence-corrected chi connectivity index (χ1v) is 5.18. The SMILES string of the molecule is CC(=O)N[C@@H]1C[C@H](COC(C)=O)[C@@H](O)[C@H]1O. The summed E-state index contributed by atoms with van der Waals surface area (Å²) in [4.78, 5) is 21.4. The van der Waals surface area contributed by atoms with Crippen LogP contribution < -0.4 is 5.32 Å². The van der Waals surface area contributed by atoms with Crippen LogP contribution in [0.3, 0.4) is 0 Å². The first-order chi connectivity index (χ1) is 7.41. The average molecular weight is 231 g/mol. The number of carbonyl (C=O) groups excluding carboxylic acids is 2. The largest absolute Gasteiger partial charge is 0.465 e. The Balaban J connectivity index is 2.50. The van der Waals surface area contributed by atoms with Crippen molar-refractivity contribution < 1.29 is 24.5 Å². The third-order valence-electron chi connectivity index (χ3n) is 2.69. The molecule has 1 saturated carbocycles. The molecule has 1 rings (SSSR count). The van der Waals surface area contributed by atoms with Crippen molar-refractivity contribution >= 4 is 11.9 Å². The number of amides is 1. The lowest BCUT2D eigenvalue weighted by molar-refractivity contribution is -0.143. The minimum atomic E-state index is -1.01. The van der Waals surface area contributed by atoms with E-state index in [1.54, 1.807) is 0 Å². The van der Waals surface area contributed by atoms with Crippen LogP contribution in [0, 0.1) is 5.92 Å². The number of hydrogen-bond donors (Lipinski definition) is 3. The molecule has 6 nitrogen and oxygen atoms in total. The summed E-state index contributed by atoms with van der Waals surface area (Å²) < 4.78 is 4.78. The Morgan fingerprint density at radius 3 is 2.44 bits per heavy atom. The van der Waals surface area contributed by atoms with Crippen LogP contribution in [0.2, 0.25) is 0 Å². The lowest BCUT2D eigenvalue weighted by Gasteiger charge is -2.17. The summed E-state index contributed by atoms with van der Waals surface area (Å²) in [6.07, 6.45) is -1.59. The van der Waals surface area contributed by atoms with E-state index in [9.17, 15) is 19.8 Å². The molecular weight excluding hydrogens is 214 g/mol. The monoisotopic (exact) mass is 231 g/mol. The number of esters is 1. The summed E-state index contributed by atoms with van der Waals surface area (Å²) in [6.45, 7) is 2.69. The van der Waals surface area contributed by atoms with Crippen molar-refractivity contribution in [2.45, 2.75) is 38.5 Å². The van der Waals surface area contributed by atoms with Crippen molar-refractivity contribution in [2.75, 3.05) is 6.61 Å². The predicted octanol–water partition coefficient (Wildman–Crippen LogP) is -1.20. The number of rotatable bonds is 3. The lowest BCUT2D eigenvalue weighted by atomic mass is 10.1. The molecule has 0 bridgehead atoms. The van der Waals surface area contributed by atoms with Crippen molar-refractivity contribution in [3.8, 4) is 0 Å². The highest BCUT2D eigenvalue weighted by molar-refractivity contribution is 5.73. The van der Waals surface area contributed by atoms with Gasteiger partial charge in [0.2, 0.25) is 5.91 Å². The van der Waals surface area contributed by atoms with Gasteiger partial charge in [-0.2, -0.15) is 0 Å². The Labute approximate surface area is 93.6 Å². The van der Waals surface area contributed by atoms with E-state index in [4.69, 9.17) is 4.74 Å². The van der Waals surface area contributed by atoms with Gasteiger partial charge in [-0.15, -0.1) is 0 Å². The maximum Gasteiger partial charge on any atom is 0.302 e. The van der Waals surface area contributed by atoms with Crippen LogP contribution in [-0.2, 0) is 14.3 Å². The Morgan fingerprint density at radius 1 is 1.31 bits per heavy atom. The standard InChI is InChI=1S/C10H17NO5/c1-5(12)11-8-3-7(4-16-6(2)13)9(14)10(8)15/h7-10,14-15H,3-4H2,1-2H3,(H,11,12)/t7-,8-,9-,10+/m1/s1. The van der Waals surface area contributed by atoms with E-state index in [1.165, 1.54) is 13.8 Å². The van der Waals surface area contributed by atoms with E-state index in [2.05, 4.69) is 5.32 Å². The maximum absolute atomic E-state index is 10.8. The minimum Gasteiger partial charge on any atom is -0.465 e. The Hall–Kier alpha value is -1.14. The molecule has 0 heterocycles. The summed E-state index contributed by atoms with van der Waals surface area (Å²) in [5.41, 5.74) is 0. The van der Waals surface area contributed by atoms with Gasteiger partial charge in [-0.05, 0) is 6.42 Å². The van der Waals surface area contributed by atoms with Crippen molar-refractivity contribution in [3.05, 3.63) is 0 Å². The zero-order valence-corrected chi connectivity index (χ0v) is 9.34. The summed E-state index contributed by atoms with van der Waals surface area (Å²) in [5, 5.41) is 21.8. The zero-order valence-electron chi connectivity index (χ0n) is 9.34. The molecule has 0 spiro atoms. The van der Waals surface area contributed by atoms with Gasteiger partial charge < -0.3 is 20.3 Å². The molecule has 1 amide bonds. The smallest absolute Gasteiger partial charge is 0.302 e. The molecular formula is C10H17NO5. The molecule has 3 N–H and O–H groups in total. The second-order valence-corrected chi connectivity index (χ2v) is 4.09. The highest BCUT2D eigenvalue weighted by Crippen LogP contribution is 2.27. The molecule has 0 radical (unpaired) electrons. The molecule has 0 aromatic heterocycles. The van der Waals surface area contributed by atoms with Gasteiger partial charge in [-0.3, -0.25) is 9.59 Å². The van der Waals surface area contributed by atoms with Crippen molar-refractivity contribution in [1.82, 2.24) is 5.32 Å². The molecule has 6 heteroatoms. The van der Waals surface area contributed by atoms with E-state index in [0.29, 0.717) is 6.42 Å². The van der Waals surface area contributed by atoms with Gasteiger partial charge in [0.1, 0.15) is 6.10 Å². The highest BCUT2D eigenvalue weighted by atomic mass is 16.5. The van der Waals surface area contributed by atoms with E-state index in [1.807, 2.05) is 0 Å². The zero-order chi connectivity index (χ0) is 12.3. The molecule has 92 valence electrons. The summed E-state index contributed by atoms with van der Waals surface area (Å²) in [6, 6.07) is -0.479. The number of aliphatic hydroxyl groups is 2. The summed E-state index contributed by atoms with van der Waals surface area (Å²) in [7, 11) is 0. The Morgan fingerprint density at radius 2 is 1.94 bits per heavy atom. The molecule has 1 aliphatic carbocycles. The van der Waals surface area contributed by atoms with Crippen molar-refractivity contribution in [1.29, 1.82) is 0 Å². The van der Waals surface area contributed by atoms with E-state index < -0.39 is 24.2 Å². The normalized spacial score (nSPS) is 33.5. The predicted molar refractivity (Wildman–Crippen MR) is 54.4 cm³/mol. The first-order valence-electron chi connectivity index (χ1n) is 5.18. The van der Waals surface area contributed by atoms with E-state index >= 15 is 0 Å². The number of carbonyl (C=O) groups is 2. The fourth-order valence-electron chi connectivity index (χ4n) is 1.92. The molecule has 1 fully saturated rings. The van der Waals surface area contributed by atoms with E-state index in [-0.39, 0.29) is 18.4 Å². The van der Waals surface area contributed by atoms with Gasteiger partial charge in [0.25, 0.3) is 0 Å². The molecule has 0 unspecified atom stereocenters. The number of aliphatic hydroxyl groups excluding tert-OH is 2. The number of nitrogens with one attached hydrogen (secondary N) is 1.